The van der Waals surface area contributed by atoms with Crippen molar-refractivity contribution < 1.29 is 13.2 Å². The molecule has 0 saturated heterocycles. The van der Waals surface area contributed by atoms with Gasteiger partial charge in [-0.25, -0.2) is 23.4 Å². The van der Waals surface area contributed by atoms with Crippen LogP contribution in [0.15, 0.2) is 42.7 Å². The Bertz CT molecular complexity index is 1200. The van der Waals surface area contributed by atoms with Crippen LogP contribution in [0.1, 0.15) is 23.6 Å². The average molecular weight is 440 g/mol. The van der Waals surface area contributed by atoms with Crippen molar-refractivity contribution in [1.82, 2.24) is 19.3 Å². The number of aromatic nitrogens is 3. The smallest absolute Gasteiger partial charge is 0.232 e. The zero-order valence-corrected chi connectivity index (χ0v) is 18.6. The first-order valence-electron chi connectivity index (χ1n) is 10.1. The fourth-order valence-corrected chi connectivity index (χ4v) is 4.44. The molecule has 0 bridgehead atoms. The van der Waals surface area contributed by atoms with E-state index >= 15 is 0 Å². The highest BCUT2D eigenvalue weighted by Crippen LogP contribution is 2.30. The summed E-state index contributed by atoms with van der Waals surface area (Å²) in [4.78, 5) is 13.5. The van der Waals surface area contributed by atoms with Crippen LogP contribution in [0.4, 0.5) is 11.5 Å². The van der Waals surface area contributed by atoms with Gasteiger partial charge in [0.15, 0.2) is 0 Å². The zero-order valence-electron chi connectivity index (χ0n) is 17.8. The van der Waals surface area contributed by atoms with Gasteiger partial charge < -0.3 is 10.1 Å². The summed E-state index contributed by atoms with van der Waals surface area (Å²) >= 11 is 0. The van der Waals surface area contributed by atoms with Gasteiger partial charge in [-0.1, -0.05) is 18.2 Å². The third-order valence-corrected chi connectivity index (χ3v) is 6.47. The fourth-order valence-electron chi connectivity index (χ4n) is 3.64. The Morgan fingerprint density at radius 2 is 2.00 bits per heavy atom. The van der Waals surface area contributed by atoms with Crippen molar-refractivity contribution in [2.75, 3.05) is 24.7 Å². The lowest BCUT2D eigenvalue weighted by Gasteiger charge is -2.28. The van der Waals surface area contributed by atoms with Gasteiger partial charge >= 0.3 is 0 Å². The molecule has 1 aliphatic rings. The van der Waals surface area contributed by atoms with E-state index in [4.69, 9.17) is 9.72 Å². The number of pyridine rings is 1. The molecule has 0 unspecified atom stereocenters. The summed E-state index contributed by atoms with van der Waals surface area (Å²) in [5.74, 6) is 1.17. The molecule has 0 spiro atoms. The number of aryl methyl sites for hydroxylation is 1. The van der Waals surface area contributed by atoms with Crippen molar-refractivity contribution in [2.45, 2.75) is 26.8 Å². The molecule has 3 aromatic rings. The number of nitrogens with zero attached hydrogens (tertiary/aromatic N) is 4. The molecule has 1 aliphatic heterocycles. The number of sulfonamides is 1. The van der Waals surface area contributed by atoms with Crippen LogP contribution in [0.5, 0.6) is 5.88 Å². The van der Waals surface area contributed by atoms with E-state index in [9.17, 15) is 8.42 Å². The topological polar surface area (TPSA) is 97.3 Å². The van der Waals surface area contributed by atoms with Crippen LogP contribution in [-0.2, 0) is 23.0 Å². The van der Waals surface area contributed by atoms with E-state index in [1.807, 2.05) is 44.2 Å². The molecule has 0 atom stereocenters. The van der Waals surface area contributed by atoms with E-state index in [1.165, 1.54) is 10.6 Å². The number of rotatable bonds is 6. The summed E-state index contributed by atoms with van der Waals surface area (Å²) in [5.41, 5.74) is 5.46. The largest absolute Gasteiger partial charge is 0.477 e. The highest BCUT2D eigenvalue weighted by atomic mass is 32.2. The van der Waals surface area contributed by atoms with Gasteiger partial charge in [-0.05, 0) is 49.1 Å². The van der Waals surface area contributed by atoms with Crippen LogP contribution in [-0.4, -0.2) is 47.1 Å². The van der Waals surface area contributed by atoms with Gasteiger partial charge in [-0.15, -0.1) is 0 Å². The second kappa shape index (κ2) is 8.60. The Kier molecular flexibility index (Phi) is 5.88. The van der Waals surface area contributed by atoms with Crippen molar-refractivity contribution in [1.29, 1.82) is 0 Å². The Morgan fingerprint density at radius 1 is 1.16 bits per heavy atom. The summed E-state index contributed by atoms with van der Waals surface area (Å²) in [6, 6.07) is 9.81. The van der Waals surface area contributed by atoms with E-state index < -0.39 is 10.0 Å². The summed E-state index contributed by atoms with van der Waals surface area (Å²) < 4.78 is 30.7. The minimum Gasteiger partial charge on any atom is -0.477 e. The molecule has 0 fully saturated rings. The zero-order chi connectivity index (χ0) is 22.0. The van der Waals surface area contributed by atoms with Crippen molar-refractivity contribution in [3.63, 3.8) is 0 Å². The Hall–Kier alpha value is -3.04. The van der Waals surface area contributed by atoms with Crippen molar-refractivity contribution in [3.8, 4) is 17.3 Å². The molecule has 1 aromatic carbocycles. The van der Waals surface area contributed by atoms with E-state index in [-0.39, 0.29) is 0 Å². The van der Waals surface area contributed by atoms with Crippen molar-refractivity contribution >= 4 is 21.5 Å². The van der Waals surface area contributed by atoms with Crippen LogP contribution in [0, 0.1) is 6.92 Å². The third-order valence-electron chi connectivity index (χ3n) is 5.22. The molecule has 0 radical (unpaired) electrons. The van der Waals surface area contributed by atoms with Gasteiger partial charge in [0, 0.05) is 18.8 Å². The molecule has 0 amide bonds. The maximum atomic E-state index is 11.9. The predicted molar refractivity (Wildman–Crippen MR) is 120 cm³/mol. The van der Waals surface area contributed by atoms with Gasteiger partial charge in [0.05, 0.1) is 31.0 Å². The van der Waals surface area contributed by atoms with E-state index in [0.717, 1.165) is 28.1 Å². The molecule has 2 aromatic heterocycles. The number of benzene rings is 1. The minimum absolute atomic E-state index is 0.387. The Morgan fingerprint density at radius 3 is 2.71 bits per heavy atom. The number of hydrogen-bond donors (Lipinski definition) is 1. The van der Waals surface area contributed by atoms with Crippen LogP contribution in [0.2, 0.25) is 0 Å². The molecule has 162 valence electrons. The van der Waals surface area contributed by atoms with Gasteiger partial charge in [0.2, 0.25) is 15.9 Å². The van der Waals surface area contributed by atoms with Gasteiger partial charge in [-0.3, -0.25) is 0 Å². The first kappa shape index (κ1) is 21.2. The number of nitrogens with one attached hydrogen (secondary N) is 1. The molecule has 3 heterocycles. The standard InChI is InChI=1S/C22H25N5O3S/c1-4-30-21-13-23-19(12-24-21)22-15(2)8-9-20(26-22)25-18-7-5-6-16-14-27(31(3,28)29)11-10-17(16)18/h5-9,12-13H,4,10-11,14H2,1-3H3,(H,25,26). The number of fused-ring (bicyclic) bond motifs is 1. The first-order chi connectivity index (χ1) is 14.8. The summed E-state index contributed by atoms with van der Waals surface area (Å²) in [6.45, 7) is 5.27. The number of anilines is 2. The molecule has 0 aliphatic carbocycles. The second-order valence-electron chi connectivity index (χ2n) is 7.45. The monoisotopic (exact) mass is 439 g/mol. The van der Waals surface area contributed by atoms with Crippen molar-refractivity contribution in [2.24, 2.45) is 0 Å². The fraction of sp³-hybridized carbons (Fsp3) is 0.318. The summed E-state index contributed by atoms with van der Waals surface area (Å²) in [7, 11) is -3.21. The minimum atomic E-state index is -3.21. The van der Waals surface area contributed by atoms with Gasteiger partial charge in [-0.2, -0.15) is 4.31 Å². The van der Waals surface area contributed by atoms with Crippen LogP contribution >= 0.6 is 0 Å². The lowest BCUT2D eigenvalue weighted by atomic mass is 9.99. The molecule has 4 rings (SSSR count). The number of ether oxygens (including phenoxy) is 1. The van der Waals surface area contributed by atoms with Crippen LogP contribution < -0.4 is 10.1 Å². The highest BCUT2D eigenvalue weighted by molar-refractivity contribution is 7.88. The van der Waals surface area contributed by atoms with Crippen molar-refractivity contribution in [3.05, 3.63) is 59.4 Å². The van der Waals surface area contributed by atoms with Gasteiger partial charge in [0.1, 0.15) is 11.5 Å². The molecular weight excluding hydrogens is 414 g/mol. The lowest BCUT2D eigenvalue weighted by molar-refractivity contribution is 0.325. The number of hydrogen-bond acceptors (Lipinski definition) is 7. The Labute approximate surface area is 182 Å². The predicted octanol–water partition coefficient (Wildman–Crippen LogP) is 3.31. The van der Waals surface area contributed by atoms with E-state index in [0.29, 0.717) is 43.5 Å². The molecular formula is C22H25N5O3S. The first-order valence-corrected chi connectivity index (χ1v) is 12.0. The normalized spacial score (nSPS) is 14.2. The molecule has 1 N–H and O–H groups in total. The maximum Gasteiger partial charge on any atom is 0.232 e. The van der Waals surface area contributed by atoms with Crippen LogP contribution in [0.25, 0.3) is 11.4 Å². The summed E-state index contributed by atoms with van der Waals surface area (Å²) in [6.07, 6.45) is 5.16. The second-order valence-corrected chi connectivity index (χ2v) is 9.43. The highest BCUT2D eigenvalue weighted by Gasteiger charge is 2.24. The third kappa shape index (κ3) is 4.67. The average Bonchev–Trinajstić information content (AvgIpc) is 2.75. The van der Waals surface area contributed by atoms with E-state index in [2.05, 4.69) is 15.3 Å². The van der Waals surface area contributed by atoms with Gasteiger partial charge in [0.25, 0.3) is 0 Å². The lowest BCUT2D eigenvalue weighted by Crippen LogP contribution is -2.35. The Balaban J connectivity index is 1.61. The molecule has 9 heteroatoms. The van der Waals surface area contributed by atoms with Crippen LogP contribution in [0.3, 0.4) is 0 Å². The maximum absolute atomic E-state index is 11.9. The SMILES string of the molecule is CCOc1cnc(-c2nc(Nc3cccc4c3CCN(S(C)(=O)=O)C4)ccc2C)cn1. The van der Waals surface area contributed by atoms with E-state index in [1.54, 1.807) is 12.4 Å². The quantitative estimate of drug-likeness (QED) is 0.629. The molecule has 31 heavy (non-hydrogen) atoms. The summed E-state index contributed by atoms with van der Waals surface area (Å²) in [5, 5.41) is 3.40. The molecule has 0 saturated carbocycles. The molecule has 8 nitrogen and oxygen atoms in total.